The Morgan fingerprint density at radius 1 is 0.842 bits per heavy atom. The maximum atomic E-state index is 15.8. The molecule has 192 valence electrons. The number of nitrogens with one attached hydrogen (secondary N) is 1. The van der Waals surface area contributed by atoms with E-state index in [1.54, 1.807) is 0 Å². The number of pyridine rings is 1. The van der Waals surface area contributed by atoms with Gasteiger partial charge in [-0.05, 0) is 42.5 Å². The summed E-state index contributed by atoms with van der Waals surface area (Å²) in [6, 6.07) is 10.4. The molecule has 0 unspecified atom stereocenters. The first-order valence-corrected chi connectivity index (χ1v) is 12.9. The van der Waals surface area contributed by atoms with Crippen molar-refractivity contribution in [3.8, 4) is 32.5 Å². The van der Waals surface area contributed by atoms with Gasteiger partial charge in [0, 0.05) is 11.8 Å². The summed E-state index contributed by atoms with van der Waals surface area (Å²) in [6.45, 7) is 0. The third-order valence-corrected chi connectivity index (χ3v) is 7.68. The van der Waals surface area contributed by atoms with Gasteiger partial charge in [-0.3, -0.25) is 9.71 Å². The zero-order valence-electron chi connectivity index (χ0n) is 18.9. The van der Waals surface area contributed by atoms with Gasteiger partial charge in [-0.15, -0.1) is 11.3 Å². The number of thiazole rings is 1. The van der Waals surface area contributed by atoms with Crippen LogP contribution in [0.1, 0.15) is 0 Å². The van der Waals surface area contributed by atoms with Gasteiger partial charge in [-0.1, -0.05) is 12.1 Å². The van der Waals surface area contributed by atoms with Crippen molar-refractivity contribution in [1.29, 1.82) is 0 Å². The molecule has 2 aromatic carbocycles. The standard InChI is InChI=1S/C24H14F4N6O2S2/c25-12-7-8-18(31-11-12)23-33-20(21(37-23)17-9-10-30-24(29)32-17)13-3-1-6-16(19(13)28)34-38(35,36)22-14(26)4-2-5-15(22)27/h1-11,34H,(H2,29,30,32). The topological polar surface area (TPSA) is 124 Å². The number of benzene rings is 2. The van der Waals surface area contributed by atoms with E-state index < -0.39 is 43.9 Å². The molecule has 0 saturated carbocycles. The molecular formula is C24H14F4N6O2S2. The first kappa shape index (κ1) is 25.2. The van der Waals surface area contributed by atoms with E-state index in [0.717, 1.165) is 41.8 Å². The van der Waals surface area contributed by atoms with Gasteiger partial charge in [0.25, 0.3) is 10.0 Å². The van der Waals surface area contributed by atoms with E-state index in [0.29, 0.717) is 10.6 Å². The molecule has 0 aliphatic heterocycles. The Kier molecular flexibility index (Phi) is 6.50. The molecule has 3 aromatic heterocycles. The summed E-state index contributed by atoms with van der Waals surface area (Å²) < 4.78 is 84.9. The van der Waals surface area contributed by atoms with Gasteiger partial charge in [-0.2, -0.15) is 0 Å². The van der Waals surface area contributed by atoms with Gasteiger partial charge in [0.1, 0.15) is 22.5 Å². The van der Waals surface area contributed by atoms with Crippen LogP contribution in [0.3, 0.4) is 0 Å². The molecule has 0 fully saturated rings. The fourth-order valence-corrected chi connectivity index (χ4v) is 5.74. The van der Waals surface area contributed by atoms with Crippen LogP contribution in [0.15, 0.2) is 71.9 Å². The zero-order chi connectivity index (χ0) is 27.0. The van der Waals surface area contributed by atoms with E-state index >= 15 is 4.39 Å². The Bertz CT molecular complexity index is 1760. The highest BCUT2D eigenvalue weighted by Crippen LogP contribution is 2.41. The first-order chi connectivity index (χ1) is 18.1. The van der Waals surface area contributed by atoms with Crippen LogP contribution in [0.5, 0.6) is 0 Å². The highest BCUT2D eigenvalue weighted by Gasteiger charge is 2.27. The van der Waals surface area contributed by atoms with Gasteiger partial charge in [0.05, 0.1) is 33.8 Å². The second-order valence-corrected chi connectivity index (χ2v) is 10.3. The van der Waals surface area contributed by atoms with E-state index in [1.165, 1.54) is 36.5 Å². The molecule has 0 atom stereocenters. The third kappa shape index (κ3) is 4.78. The van der Waals surface area contributed by atoms with E-state index in [4.69, 9.17) is 5.73 Å². The number of nitrogens with two attached hydrogens (primary N) is 1. The van der Waals surface area contributed by atoms with Crippen molar-refractivity contribution >= 4 is 33.0 Å². The largest absolute Gasteiger partial charge is 0.368 e. The Labute approximate surface area is 216 Å². The molecule has 0 aliphatic carbocycles. The third-order valence-electron chi connectivity index (χ3n) is 5.17. The van der Waals surface area contributed by atoms with E-state index in [9.17, 15) is 21.6 Å². The molecule has 0 saturated heterocycles. The molecule has 5 aromatic rings. The second kappa shape index (κ2) is 9.79. The minimum atomic E-state index is -4.85. The highest BCUT2D eigenvalue weighted by molar-refractivity contribution is 7.92. The summed E-state index contributed by atoms with van der Waals surface area (Å²) in [5.41, 5.74) is 5.61. The molecule has 0 radical (unpaired) electrons. The molecule has 8 nitrogen and oxygen atoms in total. The second-order valence-electron chi connectivity index (χ2n) is 7.68. The number of hydrogen-bond donors (Lipinski definition) is 2. The predicted octanol–water partition coefficient (Wildman–Crippen LogP) is 5.27. The van der Waals surface area contributed by atoms with Crippen molar-refractivity contribution in [1.82, 2.24) is 19.9 Å². The Morgan fingerprint density at radius 3 is 2.26 bits per heavy atom. The maximum Gasteiger partial charge on any atom is 0.267 e. The normalized spacial score (nSPS) is 11.5. The number of nitrogens with zero attached hydrogens (tertiary/aromatic N) is 4. The highest BCUT2D eigenvalue weighted by atomic mass is 32.2. The number of nitrogen functional groups attached to an aromatic ring is 1. The lowest BCUT2D eigenvalue weighted by molar-refractivity contribution is 0.521. The monoisotopic (exact) mass is 558 g/mol. The molecule has 0 spiro atoms. The number of anilines is 2. The smallest absolute Gasteiger partial charge is 0.267 e. The predicted molar refractivity (Wildman–Crippen MR) is 133 cm³/mol. The lowest BCUT2D eigenvalue weighted by Gasteiger charge is -2.12. The Hall–Kier alpha value is -4.43. The lowest BCUT2D eigenvalue weighted by atomic mass is 10.1. The first-order valence-electron chi connectivity index (χ1n) is 10.6. The van der Waals surface area contributed by atoms with E-state index in [1.807, 2.05) is 4.72 Å². The minimum absolute atomic E-state index is 0.0462. The number of sulfonamides is 1. The van der Waals surface area contributed by atoms with Crippen molar-refractivity contribution in [2.24, 2.45) is 0 Å². The fraction of sp³-hybridized carbons (Fsp3) is 0. The van der Waals surface area contributed by atoms with Crippen LogP contribution in [0.2, 0.25) is 0 Å². The minimum Gasteiger partial charge on any atom is -0.368 e. The number of aromatic nitrogens is 4. The zero-order valence-corrected chi connectivity index (χ0v) is 20.5. The van der Waals surface area contributed by atoms with Crippen LogP contribution >= 0.6 is 11.3 Å². The average Bonchev–Trinajstić information content (AvgIpc) is 3.31. The molecule has 14 heteroatoms. The van der Waals surface area contributed by atoms with Crippen molar-refractivity contribution in [3.63, 3.8) is 0 Å². The number of halogens is 4. The summed E-state index contributed by atoms with van der Waals surface area (Å²) >= 11 is 1.06. The molecule has 5 rings (SSSR count). The van der Waals surface area contributed by atoms with Crippen LogP contribution in [0.4, 0.5) is 29.2 Å². The maximum absolute atomic E-state index is 15.8. The quantitative estimate of drug-likeness (QED) is 0.272. The van der Waals surface area contributed by atoms with Crippen LogP contribution < -0.4 is 10.5 Å². The molecule has 38 heavy (non-hydrogen) atoms. The summed E-state index contributed by atoms with van der Waals surface area (Å²) in [7, 11) is -4.85. The van der Waals surface area contributed by atoms with Crippen molar-refractivity contribution in [2.45, 2.75) is 4.90 Å². The lowest BCUT2D eigenvalue weighted by Crippen LogP contribution is -2.17. The number of rotatable bonds is 6. The van der Waals surface area contributed by atoms with Crippen molar-refractivity contribution in [2.75, 3.05) is 10.5 Å². The van der Waals surface area contributed by atoms with Gasteiger partial charge < -0.3 is 5.73 Å². The summed E-state index contributed by atoms with van der Waals surface area (Å²) in [5.74, 6) is -4.37. The van der Waals surface area contributed by atoms with Gasteiger partial charge in [0.2, 0.25) is 5.95 Å². The molecule has 3 N–H and O–H groups in total. The molecule has 0 aliphatic rings. The SMILES string of the molecule is Nc1nccc(-c2sc(-c3ccc(F)cn3)nc2-c2cccc(NS(=O)(=O)c3c(F)cccc3F)c2F)n1. The Morgan fingerprint density at radius 2 is 1.58 bits per heavy atom. The molecular weight excluding hydrogens is 544 g/mol. The molecule has 3 heterocycles. The summed E-state index contributed by atoms with van der Waals surface area (Å²) in [5, 5.41) is 0.283. The average molecular weight is 559 g/mol. The van der Waals surface area contributed by atoms with Gasteiger partial charge in [0.15, 0.2) is 10.7 Å². The van der Waals surface area contributed by atoms with Gasteiger partial charge in [-0.25, -0.2) is 40.9 Å². The van der Waals surface area contributed by atoms with Crippen LogP contribution in [-0.2, 0) is 10.0 Å². The summed E-state index contributed by atoms with van der Waals surface area (Å²) in [6.07, 6.45) is 2.39. The van der Waals surface area contributed by atoms with E-state index in [-0.39, 0.29) is 27.9 Å². The van der Waals surface area contributed by atoms with Crippen molar-refractivity contribution < 1.29 is 26.0 Å². The fourth-order valence-electron chi connectivity index (χ4n) is 3.52. The van der Waals surface area contributed by atoms with E-state index in [2.05, 4.69) is 19.9 Å². The van der Waals surface area contributed by atoms with Crippen LogP contribution in [0.25, 0.3) is 32.5 Å². The van der Waals surface area contributed by atoms with Gasteiger partial charge >= 0.3 is 0 Å². The van der Waals surface area contributed by atoms with Crippen molar-refractivity contribution in [3.05, 3.63) is 90.3 Å². The summed E-state index contributed by atoms with van der Waals surface area (Å²) in [4.78, 5) is 15.6. The van der Waals surface area contributed by atoms with Crippen LogP contribution in [-0.4, -0.2) is 28.4 Å². The Balaban J connectivity index is 1.64. The number of hydrogen-bond acceptors (Lipinski definition) is 8. The van der Waals surface area contributed by atoms with Crippen LogP contribution in [0, 0.1) is 23.3 Å². The molecule has 0 amide bonds. The molecule has 0 bridgehead atoms.